The highest BCUT2D eigenvalue weighted by Gasteiger charge is 2.37. The van der Waals surface area contributed by atoms with Crippen LogP contribution in [0.4, 0.5) is 9.52 Å². The fraction of sp³-hybridized carbons (Fsp3) is 0.267. The van der Waals surface area contributed by atoms with E-state index in [4.69, 9.17) is 0 Å². The molecule has 1 aromatic heterocycles. The fourth-order valence-electron chi connectivity index (χ4n) is 2.40. The lowest BCUT2D eigenvalue weighted by atomic mass is 10.1. The number of aromatic nitrogens is 1. The second-order valence-electron chi connectivity index (χ2n) is 4.92. The smallest absolute Gasteiger partial charge is 0.311 e. The Kier molecular flexibility index (Phi) is 3.89. The SMILES string of the molecule is COC(=O)C1CC(=O)N(c2nc(-c3ccccc3F)cs2)C1. The number of methoxy groups -OCH3 is 1. The Labute approximate surface area is 130 Å². The van der Waals surface area contributed by atoms with Crippen LogP contribution in [0.2, 0.25) is 0 Å². The molecule has 5 nitrogen and oxygen atoms in total. The number of hydrogen-bond acceptors (Lipinski definition) is 5. The fourth-order valence-corrected chi connectivity index (χ4v) is 3.25. The molecule has 1 aromatic carbocycles. The number of amides is 1. The van der Waals surface area contributed by atoms with Crippen LogP contribution in [0.1, 0.15) is 6.42 Å². The summed E-state index contributed by atoms with van der Waals surface area (Å²) < 4.78 is 18.4. The molecule has 1 aliphatic heterocycles. The van der Waals surface area contributed by atoms with Crippen LogP contribution in [0.3, 0.4) is 0 Å². The van der Waals surface area contributed by atoms with Crippen molar-refractivity contribution < 1.29 is 18.7 Å². The van der Waals surface area contributed by atoms with Crippen LogP contribution in [-0.2, 0) is 14.3 Å². The van der Waals surface area contributed by atoms with Gasteiger partial charge in [-0.2, -0.15) is 0 Å². The summed E-state index contributed by atoms with van der Waals surface area (Å²) in [5.74, 6) is -1.41. The molecule has 1 aliphatic rings. The second-order valence-corrected chi connectivity index (χ2v) is 5.76. The van der Waals surface area contributed by atoms with Gasteiger partial charge in [-0.15, -0.1) is 11.3 Å². The van der Waals surface area contributed by atoms with Crippen molar-refractivity contribution in [3.05, 3.63) is 35.5 Å². The van der Waals surface area contributed by atoms with Crippen LogP contribution in [0.25, 0.3) is 11.3 Å². The van der Waals surface area contributed by atoms with E-state index in [0.29, 0.717) is 16.4 Å². The van der Waals surface area contributed by atoms with Gasteiger partial charge in [-0.1, -0.05) is 12.1 Å². The number of ether oxygens (including phenoxy) is 1. The van der Waals surface area contributed by atoms with Crippen LogP contribution < -0.4 is 4.90 Å². The minimum Gasteiger partial charge on any atom is -0.469 e. The molecule has 1 fully saturated rings. The number of hydrogen-bond donors (Lipinski definition) is 0. The maximum Gasteiger partial charge on any atom is 0.311 e. The van der Waals surface area contributed by atoms with Gasteiger partial charge in [0.15, 0.2) is 5.13 Å². The topological polar surface area (TPSA) is 59.5 Å². The van der Waals surface area contributed by atoms with Crippen molar-refractivity contribution in [1.82, 2.24) is 4.98 Å². The molecule has 0 N–H and O–H groups in total. The lowest BCUT2D eigenvalue weighted by Crippen LogP contribution is -2.26. The number of carbonyl (C=O) groups is 2. The average molecular weight is 320 g/mol. The average Bonchev–Trinajstić information content (AvgIpc) is 3.13. The zero-order valence-corrected chi connectivity index (χ0v) is 12.6. The van der Waals surface area contributed by atoms with Gasteiger partial charge in [-0.25, -0.2) is 9.37 Å². The number of halogens is 1. The highest BCUT2D eigenvalue weighted by molar-refractivity contribution is 7.14. The van der Waals surface area contributed by atoms with E-state index in [1.165, 1.54) is 29.4 Å². The molecule has 0 bridgehead atoms. The van der Waals surface area contributed by atoms with Crippen molar-refractivity contribution in [2.75, 3.05) is 18.6 Å². The summed E-state index contributed by atoms with van der Waals surface area (Å²) in [7, 11) is 1.30. The van der Waals surface area contributed by atoms with E-state index >= 15 is 0 Å². The molecule has 1 amide bonds. The summed E-state index contributed by atoms with van der Waals surface area (Å²) >= 11 is 1.25. The Bertz CT molecular complexity index is 731. The van der Waals surface area contributed by atoms with Crippen molar-refractivity contribution in [3.8, 4) is 11.3 Å². The molecule has 3 rings (SSSR count). The summed E-state index contributed by atoms with van der Waals surface area (Å²) in [6.07, 6.45) is 0.112. The zero-order valence-electron chi connectivity index (χ0n) is 11.8. The van der Waals surface area contributed by atoms with Gasteiger partial charge in [0.05, 0.1) is 18.7 Å². The summed E-state index contributed by atoms with van der Waals surface area (Å²) in [5.41, 5.74) is 0.869. The maximum atomic E-state index is 13.8. The van der Waals surface area contributed by atoms with Crippen LogP contribution in [0, 0.1) is 11.7 Å². The van der Waals surface area contributed by atoms with Crippen molar-refractivity contribution in [3.63, 3.8) is 0 Å². The summed E-state index contributed by atoms with van der Waals surface area (Å²) in [6.45, 7) is 0.246. The molecule has 0 spiro atoms. The number of benzene rings is 1. The number of anilines is 1. The first-order valence-electron chi connectivity index (χ1n) is 6.68. The predicted molar refractivity (Wildman–Crippen MR) is 80.0 cm³/mol. The number of nitrogens with zero attached hydrogens (tertiary/aromatic N) is 2. The Hall–Kier alpha value is -2.28. The lowest BCUT2D eigenvalue weighted by molar-refractivity contribution is -0.145. The van der Waals surface area contributed by atoms with Gasteiger partial charge in [0.25, 0.3) is 0 Å². The number of carbonyl (C=O) groups excluding carboxylic acids is 2. The van der Waals surface area contributed by atoms with Crippen LogP contribution in [-0.4, -0.2) is 30.5 Å². The Morgan fingerprint density at radius 3 is 2.95 bits per heavy atom. The number of esters is 1. The standard InChI is InChI=1S/C15H13FN2O3S/c1-21-14(20)9-6-13(19)18(7-9)15-17-12(8-22-15)10-4-2-3-5-11(10)16/h2-5,8-9H,6-7H2,1H3. The van der Waals surface area contributed by atoms with E-state index in [-0.39, 0.29) is 24.7 Å². The second kappa shape index (κ2) is 5.84. The third-order valence-corrected chi connectivity index (χ3v) is 4.40. The normalized spacial score (nSPS) is 17.8. The van der Waals surface area contributed by atoms with E-state index in [1.54, 1.807) is 23.6 Å². The van der Waals surface area contributed by atoms with Gasteiger partial charge in [0.2, 0.25) is 5.91 Å². The van der Waals surface area contributed by atoms with Gasteiger partial charge in [0, 0.05) is 23.9 Å². The van der Waals surface area contributed by atoms with Crippen LogP contribution in [0.5, 0.6) is 0 Å². The largest absolute Gasteiger partial charge is 0.469 e. The summed E-state index contributed by atoms with van der Waals surface area (Å²) in [5, 5.41) is 2.17. The van der Waals surface area contributed by atoms with Crippen LogP contribution in [0.15, 0.2) is 29.6 Å². The Morgan fingerprint density at radius 1 is 1.45 bits per heavy atom. The first-order valence-corrected chi connectivity index (χ1v) is 7.56. The zero-order chi connectivity index (χ0) is 15.7. The van der Waals surface area contributed by atoms with Crippen molar-refractivity contribution in [2.45, 2.75) is 6.42 Å². The first kappa shape index (κ1) is 14.6. The van der Waals surface area contributed by atoms with E-state index in [0.717, 1.165) is 0 Å². The monoisotopic (exact) mass is 320 g/mol. The van der Waals surface area contributed by atoms with Gasteiger partial charge in [-0.05, 0) is 12.1 Å². The third-order valence-electron chi connectivity index (χ3n) is 3.53. The number of rotatable bonds is 3. The lowest BCUT2D eigenvalue weighted by Gasteiger charge is -2.12. The summed E-state index contributed by atoms with van der Waals surface area (Å²) in [4.78, 5) is 29.3. The molecular weight excluding hydrogens is 307 g/mol. The molecule has 2 aromatic rings. The maximum absolute atomic E-state index is 13.8. The molecule has 1 unspecified atom stereocenters. The van der Waals surface area contributed by atoms with Gasteiger partial charge >= 0.3 is 5.97 Å². The van der Waals surface area contributed by atoms with Crippen LogP contribution >= 0.6 is 11.3 Å². The minimum atomic E-state index is -0.474. The summed E-state index contributed by atoms with van der Waals surface area (Å²) in [6, 6.07) is 6.34. The molecule has 7 heteroatoms. The molecule has 0 saturated carbocycles. The van der Waals surface area contributed by atoms with Crippen molar-refractivity contribution >= 4 is 28.3 Å². The van der Waals surface area contributed by atoms with E-state index in [1.807, 2.05) is 0 Å². The Balaban J connectivity index is 1.84. The molecule has 22 heavy (non-hydrogen) atoms. The van der Waals surface area contributed by atoms with Gasteiger partial charge < -0.3 is 4.74 Å². The molecule has 2 heterocycles. The van der Waals surface area contributed by atoms with E-state index in [2.05, 4.69) is 9.72 Å². The molecular formula is C15H13FN2O3S. The Morgan fingerprint density at radius 2 is 2.23 bits per heavy atom. The molecule has 0 radical (unpaired) electrons. The third kappa shape index (κ3) is 2.59. The molecule has 1 saturated heterocycles. The number of thiazole rings is 1. The minimum absolute atomic E-state index is 0.112. The quantitative estimate of drug-likeness (QED) is 0.815. The van der Waals surface area contributed by atoms with Crippen molar-refractivity contribution in [2.24, 2.45) is 5.92 Å². The van der Waals surface area contributed by atoms with Gasteiger partial charge in [-0.3, -0.25) is 14.5 Å². The highest BCUT2D eigenvalue weighted by atomic mass is 32.1. The predicted octanol–water partition coefficient (Wildman–Crippen LogP) is 2.48. The molecule has 1 atom stereocenters. The van der Waals surface area contributed by atoms with E-state index < -0.39 is 11.9 Å². The van der Waals surface area contributed by atoms with Crippen molar-refractivity contribution in [1.29, 1.82) is 0 Å². The molecule has 0 aliphatic carbocycles. The highest BCUT2D eigenvalue weighted by Crippen LogP contribution is 2.32. The first-order chi connectivity index (χ1) is 10.6. The van der Waals surface area contributed by atoms with Gasteiger partial charge in [0.1, 0.15) is 5.82 Å². The van der Waals surface area contributed by atoms with E-state index in [9.17, 15) is 14.0 Å². The molecule has 114 valence electrons.